The number of nitrogens with one attached hydrogen (secondary N) is 2. The van der Waals surface area contributed by atoms with Crippen LogP contribution in [0.15, 0.2) is 24.3 Å². The van der Waals surface area contributed by atoms with Crippen molar-refractivity contribution in [1.82, 2.24) is 0 Å². The number of aryl methyl sites for hydroxylation is 1. The molecule has 0 aliphatic carbocycles. The van der Waals surface area contributed by atoms with Crippen molar-refractivity contribution in [2.75, 3.05) is 24.9 Å². The molecule has 0 aliphatic heterocycles. The zero-order chi connectivity index (χ0) is 18.6. The third-order valence-corrected chi connectivity index (χ3v) is 4.87. The Morgan fingerprint density at radius 1 is 1.08 bits per heavy atom. The van der Waals surface area contributed by atoms with Crippen molar-refractivity contribution in [3.63, 3.8) is 0 Å². The van der Waals surface area contributed by atoms with Gasteiger partial charge in [0.25, 0.3) is 0 Å². The molecule has 6 nitrogen and oxygen atoms in total. The van der Waals surface area contributed by atoms with Crippen LogP contribution in [-0.4, -0.2) is 31.3 Å². The van der Waals surface area contributed by atoms with E-state index in [0.29, 0.717) is 26.9 Å². The van der Waals surface area contributed by atoms with Gasteiger partial charge < -0.3 is 20.1 Å². The quantitative estimate of drug-likeness (QED) is 0.620. The fourth-order valence-electron chi connectivity index (χ4n) is 2.17. The highest BCUT2D eigenvalue weighted by atomic mass is 32.1. The van der Waals surface area contributed by atoms with Gasteiger partial charge in [-0.2, -0.15) is 0 Å². The average Bonchev–Trinajstić information content (AvgIpc) is 2.87. The Labute approximate surface area is 155 Å². The summed E-state index contributed by atoms with van der Waals surface area (Å²) < 4.78 is 9.54. The summed E-state index contributed by atoms with van der Waals surface area (Å²) in [4.78, 5) is 24.6. The second-order valence-electron chi connectivity index (χ2n) is 5.13. The Morgan fingerprint density at radius 2 is 1.76 bits per heavy atom. The van der Waals surface area contributed by atoms with Gasteiger partial charge in [0.15, 0.2) is 5.11 Å². The van der Waals surface area contributed by atoms with Gasteiger partial charge in [-0.25, -0.2) is 9.59 Å². The molecule has 0 atom stereocenters. The third kappa shape index (κ3) is 4.34. The molecule has 132 valence electrons. The molecule has 0 saturated heterocycles. The molecular weight excluding hydrogens is 360 g/mol. The Hall–Kier alpha value is -2.45. The molecule has 0 unspecified atom stereocenters. The fourth-order valence-corrected chi connectivity index (χ4v) is 3.51. The lowest BCUT2D eigenvalue weighted by atomic mass is 10.1. The van der Waals surface area contributed by atoms with Gasteiger partial charge in [0.2, 0.25) is 0 Å². The molecule has 0 aliphatic rings. The summed E-state index contributed by atoms with van der Waals surface area (Å²) in [7, 11) is 2.66. The molecule has 8 heteroatoms. The second-order valence-corrected chi connectivity index (χ2v) is 6.76. The number of carbonyl (C=O) groups excluding carboxylic acids is 2. The summed E-state index contributed by atoms with van der Waals surface area (Å²) in [6.45, 7) is 3.79. The standard InChI is InChI=1S/C17H18N2O4S2/c1-9-10(2)25-14(13(9)16(21)23-4)19-17(24)18-12-7-5-6-11(8-12)15(20)22-3/h5-8H,1-4H3,(H2,18,19,24). The van der Waals surface area contributed by atoms with Crippen LogP contribution in [0.2, 0.25) is 0 Å². The highest BCUT2D eigenvalue weighted by molar-refractivity contribution is 7.80. The van der Waals surface area contributed by atoms with E-state index in [0.717, 1.165) is 10.4 Å². The number of carbonyl (C=O) groups is 2. The minimum Gasteiger partial charge on any atom is -0.465 e. The number of benzene rings is 1. The lowest BCUT2D eigenvalue weighted by Gasteiger charge is -2.11. The molecular formula is C17H18N2O4S2. The lowest BCUT2D eigenvalue weighted by molar-refractivity contribution is 0.0592. The fraction of sp³-hybridized carbons (Fsp3) is 0.235. The first-order valence-corrected chi connectivity index (χ1v) is 8.54. The predicted molar refractivity (Wildman–Crippen MR) is 103 cm³/mol. The van der Waals surface area contributed by atoms with Crippen LogP contribution in [-0.2, 0) is 9.47 Å². The van der Waals surface area contributed by atoms with Crippen LogP contribution >= 0.6 is 23.6 Å². The van der Waals surface area contributed by atoms with Gasteiger partial charge in [0, 0.05) is 10.6 Å². The van der Waals surface area contributed by atoms with Gasteiger partial charge in [-0.05, 0) is 49.8 Å². The SMILES string of the molecule is COC(=O)c1cccc(NC(=S)Nc2sc(C)c(C)c2C(=O)OC)c1. The Bertz CT molecular complexity index is 830. The van der Waals surface area contributed by atoms with E-state index in [1.54, 1.807) is 24.3 Å². The second kappa shape index (κ2) is 8.09. The Balaban J connectivity index is 2.18. The van der Waals surface area contributed by atoms with E-state index in [4.69, 9.17) is 21.7 Å². The van der Waals surface area contributed by atoms with Gasteiger partial charge in [-0.15, -0.1) is 11.3 Å². The summed E-state index contributed by atoms with van der Waals surface area (Å²) in [6, 6.07) is 6.77. The predicted octanol–water partition coefficient (Wildman–Crippen LogP) is 3.75. The largest absolute Gasteiger partial charge is 0.465 e. The van der Waals surface area contributed by atoms with Crippen LogP contribution < -0.4 is 10.6 Å². The molecule has 0 amide bonds. The number of thiocarbonyl (C=S) groups is 1. The zero-order valence-corrected chi connectivity index (χ0v) is 15.9. The molecule has 1 heterocycles. The Kier molecular flexibility index (Phi) is 6.11. The van der Waals surface area contributed by atoms with Gasteiger partial charge in [-0.3, -0.25) is 0 Å². The van der Waals surface area contributed by atoms with E-state index < -0.39 is 11.9 Å². The highest BCUT2D eigenvalue weighted by Crippen LogP contribution is 2.33. The average molecular weight is 378 g/mol. The summed E-state index contributed by atoms with van der Waals surface area (Å²) in [6.07, 6.45) is 0. The first-order chi connectivity index (χ1) is 11.9. The van der Waals surface area contributed by atoms with Crippen molar-refractivity contribution in [3.8, 4) is 0 Å². The number of methoxy groups -OCH3 is 2. The van der Waals surface area contributed by atoms with Gasteiger partial charge in [0.05, 0.1) is 25.3 Å². The zero-order valence-electron chi connectivity index (χ0n) is 14.3. The van der Waals surface area contributed by atoms with Crippen molar-refractivity contribution in [2.45, 2.75) is 13.8 Å². The van der Waals surface area contributed by atoms with Gasteiger partial charge >= 0.3 is 11.9 Å². The molecule has 0 saturated carbocycles. The van der Waals surface area contributed by atoms with E-state index in [2.05, 4.69) is 10.6 Å². The maximum atomic E-state index is 12.0. The maximum absolute atomic E-state index is 12.0. The van der Waals surface area contributed by atoms with Crippen LogP contribution in [0.3, 0.4) is 0 Å². The van der Waals surface area contributed by atoms with Crippen molar-refractivity contribution in [2.24, 2.45) is 0 Å². The molecule has 0 fully saturated rings. The molecule has 1 aromatic carbocycles. The molecule has 2 N–H and O–H groups in total. The van der Waals surface area contributed by atoms with Crippen LogP contribution in [0.4, 0.5) is 10.7 Å². The van der Waals surface area contributed by atoms with Crippen molar-refractivity contribution in [3.05, 3.63) is 45.8 Å². The number of thiophene rings is 1. The highest BCUT2D eigenvalue weighted by Gasteiger charge is 2.20. The summed E-state index contributed by atoms with van der Waals surface area (Å²) in [5, 5.41) is 6.92. The molecule has 1 aromatic heterocycles. The topological polar surface area (TPSA) is 76.7 Å². The molecule has 0 bridgehead atoms. The monoisotopic (exact) mass is 378 g/mol. The van der Waals surface area contributed by atoms with Crippen molar-refractivity contribution in [1.29, 1.82) is 0 Å². The number of anilines is 2. The summed E-state index contributed by atoms with van der Waals surface area (Å²) in [5.74, 6) is -0.847. The molecule has 2 rings (SSSR count). The third-order valence-electron chi connectivity index (χ3n) is 3.54. The number of rotatable bonds is 4. The molecule has 0 spiro atoms. The minimum absolute atomic E-state index is 0.299. The number of hydrogen-bond donors (Lipinski definition) is 2. The summed E-state index contributed by atoms with van der Waals surface area (Å²) >= 11 is 6.73. The first kappa shape index (κ1) is 18.9. The van der Waals surface area contributed by atoms with E-state index in [1.165, 1.54) is 25.6 Å². The van der Waals surface area contributed by atoms with E-state index in [1.807, 2.05) is 13.8 Å². The van der Waals surface area contributed by atoms with E-state index in [9.17, 15) is 9.59 Å². The number of hydrogen-bond acceptors (Lipinski definition) is 6. The molecule has 25 heavy (non-hydrogen) atoms. The minimum atomic E-state index is -0.431. The van der Waals surface area contributed by atoms with Crippen molar-refractivity contribution < 1.29 is 19.1 Å². The molecule has 2 aromatic rings. The first-order valence-electron chi connectivity index (χ1n) is 7.32. The maximum Gasteiger partial charge on any atom is 0.341 e. The van der Waals surface area contributed by atoms with E-state index in [-0.39, 0.29) is 0 Å². The van der Waals surface area contributed by atoms with Crippen LogP contribution in [0, 0.1) is 13.8 Å². The van der Waals surface area contributed by atoms with Gasteiger partial charge in [0.1, 0.15) is 5.00 Å². The smallest absolute Gasteiger partial charge is 0.341 e. The number of esters is 2. The normalized spacial score (nSPS) is 10.1. The van der Waals surface area contributed by atoms with E-state index >= 15 is 0 Å². The van der Waals surface area contributed by atoms with Crippen molar-refractivity contribution >= 4 is 51.3 Å². The Morgan fingerprint density at radius 3 is 2.40 bits per heavy atom. The lowest BCUT2D eigenvalue weighted by Crippen LogP contribution is -2.20. The van der Waals surface area contributed by atoms with Crippen LogP contribution in [0.1, 0.15) is 31.2 Å². The summed E-state index contributed by atoms with van der Waals surface area (Å²) in [5.41, 5.74) is 2.37. The number of ether oxygens (including phenoxy) is 2. The van der Waals surface area contributed by atoms with Crippen LogP contribution in [0.5, 0.6) is 0 Å². The molecule has 0 radical (unpaired) electrons. The van der Waals surface area contributed by atoms with Crippen LogP contribution in [0.25, 0.3) is 0 Å². The van der Waals surface area contributed by atoms with Gasteiger partial charge in [-0.1, -0.05) is 6.07 Å².